The number of aromatic nitrogens is 1. The third kappa shape index (κ3) is 3.38. The third-order valence-corrected chi connectivity index (χ3v) is 3.15. The van der Waals surface area contributed by atoms with Crippen LogP contribution in [0.1, 0.15) is 22.9 Å². The van der Waals surface area contributed by atoms with Gasteiger partial charge < -0.3 is 5.73 Å². The van der Waals surface area contributed by atoms with Crippen LogP contribution in [0.2, 0.25) is 0 Å². The molecule has 1 aromatic carbocycles. The molecule has 17 heavy (non-hydrogen) atoms. The first-order chi connectivity index (χ1) is 8.15. The molecule has 2 N–H and O–H groups in total. The van der Waals surface area contributed by atoms with Crippen molar-refractivity contribution >= 4 is 15.9 Å². The maximum atomic E-state index is 6.17. The van der Waals surface area contributed by atoms with Crippen molar-refractivity contribution in [1.82, 2.24) is 4.98 Å². The molecule has 0 amide bonds. The average Bonchev–Trinajstić information content (AvgIpc) is 2.29. The number of hydrogen-bond donors (Lipinski definition) is 1. The van der Waals surface area contributed by atoms with Crippen molar-refractivity contribution in [3.05, 3.63) is 63.9 Å². The summed E-state index contributed by atoms with van der Waals surface area (Å²) in [6, 6.07) is 12.2. The lowest BCUT2D eigenvalue weighted by Crippen LogP contribution is -2.15. The predicted octanol–water partition coefficient (Wildman–Crippen LogP) is 3.40. The van der Waals surface area contributed by atoms with Crippen molar-refractivity contribution in [1.29, 1.82) is 0 Å². The number of hydrogen-bond acceptors (Lipinski definition) is 2. The molecule has 0 aliphatic heterocycles. The number of nitrogens with two attached hydrogens (primary N) is 1. The number of nitrogens with zero attached hydrogens (tertiary/aromatic N) is 1. The van der Waals surface area contributed by atoms with E-state index in [0.717, 1.165) is 16.6 Å². The van der Waals surface area contributed by atoms with E-state index in [0.29, 0.717) is 0 Å². The van der Waals surface area contributed by atoms with E-state index in [-0.39, 0.29) is 6.04 Å². The smallest absolute Gasteiger partial charge is 0.0577 e. The van der Waals surface area contributed by atoms with E-state index >= 15 is 0 Å². The van der Waals surface area contributed by atoms with Gasteiger partial charge in [0.05, 0.1) is 11.7 Å². The Hall–Kier alpha value is -1.19. The molecule has 2 aromatic rings. The van der Waals surface area contributed by atoms with E-state index in [1.165, 1.54) is 11.1 Å². The normalized spacial score (nSPS) is 12.4. The van der Waals surface area contributed by atoms with E-state index < -0.39 is 0 Å². The summed E-state index contributed by atoms with van der Waals surface area (Å²) in [6.07, 6.45) is 2.61. The van der Waals surface area contributed by atoms with E-state index in [1.807, 2.05) is 30.5 Å². The molecule has 0 saturated carbocycles. The zero-order valence-electron chi connectivity index (χ0n) is 9.73. The summed E-state index contributed by atoms with van der Waals surface area (Å²) >= 11 is 3.46. The Balaban J connectivity index is 2.14. The van der Waals surface area contributed by atoms with Gasteiger partial charge in [-0.1, -0.05) is 28.1 Å². The van der Waals surface area contributed by atoms with Gasteiger partial charge in [0, 0.05) is 10.7 Å². The van der Waals surface area contributed by atoms with Crippen LogP contribution >= 0.6 is 15.9 Å². The van der Waals surface area contributed by atoms with Crippen LogP contribution in [-0.4, -0.2) is 4.98 Å². The zero-order valence-corrected chi connectivity index (χ0v) is 11.3. The van der Waals surface area contributed by atoms with Gasteiger partial charge in [-0.15, -0.1) is 0 Å². The van der Waals surface area contributed by atoms with E-state index in [2.05, 4.69) is 40.0 Å². The van der Waals surface area contributed by atoms with Gasteiger partial charge in [0.1, 0.15) is 0 Å². The second-order valence-corrected chi connectivity index (χ2v) is 5.11. The van der Waals surface area contributed by atoms with Crippen molar-refractivity contribution in [2.45, 2.75) is 19.4 Å². The fourth-order valence-corrected chi connectivity index (χ4v) is 2.23. The molecule has 0 bridgehead atoms. The standard InChI is InChI=1S/C14H15BrN2/c1-10-5-6-17-14(7-10)13(16)9-11-3-2-4-12(15)8-11/h2-8,13H,9,16H2,1H3. The van der Waals surface area contributed by atoms with Crippen LogP contribution in [0.4, 0.5) is 0 Å². The first-order valence-corrected chi connectivity index (χ1v) is 6.37. The average molecular weight is 291 g/mol. The quantitative estimate of drug-likeness (QED) is 0.941. The molecule has 0 fully saturated rings. The number of rotatable bonds is 3. The van der Waals surface area contributed by atoms with Gasteiger partial charge in [0.25, 0.3) is 0 Å². The SMILES string of the molecule is Cc1ccnc(C(N)Cc2cccc(Br)c2)c1. The van der Waals surface area contributed by atoms with Crippen LogP contribution in [0, 0.1) is 6.92 Å². The monoisotopic (exact) mass is 290 g/mol. The maximum Gasteiger partial charge on any atom is 0.0577 e. The Morgan fingerprint density at radius 2 is 2.12 bits per heavy atom. The molecule has 1 unspecified atom stereocenters. The van der Waals surface area contributed by atoms with Crippen LogP contribution in [0.5, 0.6) is 0 Å². The van der Waals surface area contributed by atoms with Gasteiger partial charge in [-0.25, -0.2) is 0 Å². The summed E-state index contributed by atoms with van der Waals surface area (Å²) < 4.78 is 1.08. The number of pyridine rings is 1. The molecule has 2 rings (SSSR count). The van der Waals surface area contributed by atoms with Crippen molar-refractivity contribution in [3.63, 3.8) is 0 Å². The molecule has 2 nitrogen and oxygen atoms in total. The summed E-state index contributed by atoms with van der Waals surface area (Å²) in [5.74, 6) is 0. The molecule has 3 heteroatoms. The Kier molecular flexibility index (Phi) is 3.92. The number of halogens is 1. The Morgan fingerprint density at radius 1 is 1.29 bits per heavy atom. The van der Waals surface area contributed by atoms with Gasteiger partial charge in [-0.3, -0.25) is 4.98 Å². The van der Waals surface area contributed by atoms with Crippen molar-refractivity contribution < 1.29 is 0 Å². The highest BCUT2D eigenvalue weighted by Crippen LogP contribution is 2.18. The van der Waals surface area contributed by atoms with Crippen molar-refractivity contribution in [3.8, 4) is 0 Å². The van der Waals surface area contributed by atoms with Gasteiger partial charge in [-0.2, -0.15) is 0 Å². The fourth-order valence-electron chi connectivity index (χ4n) is 1.78. The van der Waals surface area contributed by atoms with Crippen LogP contribution < -0.4 is 5.73 Å². The van der Waals surface area contributed by atoms with Gasteiger partial charge in [-0.05, 0) is 48.7 Å². The van der Waals surface area contributed by atoms with Gasteiger partial charge in [0.15, 0.2) is 0 Å². The molecular weight excluding hydrogens is 276 g/mol. The molecule has 0 aliphatic carbocycles. The molecule has 1 heterocycles. The largest absolute Gasteiger partial charge is 0.322 e. The van der Waals surface area contributed by atoms with Crippen LogP contribution in [0.15, 0.2) is 47.1 Å². The fraction of sp³-hybridized carbons (Fsp3) is 0.214. The Morgan fingerprint density at radius 3 is 2.82 bits per heavy atom. The maximum absolute atomic E-state index is 6.17. The predicted molar refractivity (Wildman–Crippen MR) is 73.7 cm³/mol. The lowest BCUT2D eigenvalue weighted by molar-refractivity contribution is 0.695. The minimum Gasteiger partial charge on any atom is -0.322 e. The molecule has 88 valence electrons. The lowest BCUT2D eigenvalue weighted by atomic mass is 10.0. The minimum absolute atomic E-state index is 0.0517. The number of benzene rings is 1. The highest BCUT2D eigenvalue weighted by molar-refractivity contribution is 9.10. The van der Waals surface area contributed by atoms with Crippen molar-refractivity contribution in [2.24, 2.45) is 5.73 Å². The van der Waals surface area contributed by atoms with Crippen molar-refractivity contribution in [2.75, 3.05) is 0 Å². The Labute approximate surface area is 110 Å². The summed E-state index contributed by atoms with van der Waals surface area (Å²) in [5, 5.41) is 0. The highest BCUT2D eigenvalue weighted by Gasteiger charge is 2.08. The van der Waals surface area contributed by atoms with E-state index in [1.54, 1.807) is 0 Å². The third-order valence-electron chi connectivity index (χ3n) is 2.66. The molecule has 0 spiro atoms. The summed E-state index contributed by atoms with van der Waals surface area (Å²) in [7, 11) is 0. The minimum atomic E-state index is -0.0517. The van der Waals surface area contributed by atoms with Crippen LogP contribution in [0.3, 0.4) is 0 Å². The molecule has 0 radical (unpaired) electrons. The molecule has 1 atom stereocenters. The molecular formula is C14H15BrN2. The topological polar surface area (TPSA) is 38.9 Å². The Bertz CT molecular complexity index is 511. The molecule has 0 aliphatic rings. The van der Waals surface area contributed by atoms with Crippen LogP contribution in [-0.2, 0) is 6.42 Å². The highest BCUT2D eigenvalue weighted by atomic mass is 79.9. The molecule has 0 saturated heterocycles. The summed E-state index contributed by atoms with van der Waals surface area (Å²) in [4.78, 5) is 4.32. The number of aryl methyl sites for hydroxylation is 1. The first kappa shape index (κ1) is 12.3. The van der Waals surface area contributed by atoms with Gasteiger partial charge >= 0.3 is 0 Å². The second kappa shape index (κ2) is 5.43. The first-order valence-electron chi connectivity index (χ1n) is 5.58. The lowest BCUT2D eigenvalue weighted by Gasteiger charge is -2.11. The van der Waals surface area contributed by atoms with E-state index in [4.69, 9.17) is 5.73 Å². The second-order valence-electron chi connectivity index (χ2n) is 4.20. The zero-order chi connectivity index (χ0) is 12.3. The van der Waals surface area contributed by atoms with Crippen LogP contribution in [0.25, 0.3) is 0 Å². The van der Waals surface area contributed by atoms with Gasteiger partial charge in [0.2, 0.25) is 0 Å². The summed E-state index contributed by atoms with van der Waals surface area (Å²) in [5.41, 5.74) is 9.53. The summed E-state index contributed by atoms with van der Waals surface area (Å²) in [6.45, 7) is 2.05. The van der Waals surface area contributed by atoms with E-state index in [9.17, 15) is 0 Å². The molecule has 1 aromatic heterocycles.